The zero-order valence-corrected chi connectivity index (χ0v) is 19.3. The molecule has 0 radical (unpaired) electrons. The Morgan fingerprint density at radius 2 is 0.750 bits per heavy atom. The summed E-state index contributed by atoms with van der Waals surface area (Å²) in [5, 5.41) is 33.6. The maximum Gasteiger partial charge on any atom is 0.372 e. The zero-order valence-electron chi connectivity index (χ0n) is 19.3. The monoisotopic (exact) mass is 508 g/mol. The van der Waals surface area contributed by atoms with Crippen LogP contribution in [0.1, 0.15) is 41.4 Å². The molecule has 0 aliphatic heterocycles. The average Bonchev–Trinajstić information content (AvgIpc) is 2.94. The number of esters is 3. The molecule has 0 aliphatic carbocycles. The Hall–Kier alpha value is -4.10. The van der Waals surface area contributed by atoms with Gasteiger partial charge in [-0.15, -0.1) is 13.2 Å². The van der Waals surface area contributed by atoms with Crippen molar-refractivity contribution in [3.05, 3.63) is 83.9 Å². The molecule has 0 aliphatic rings. The molecule has 12 nitrogen and oxygen atoms in total. The van der Waals surface area contributed by atoms with Crippen LogP contribution in [-0.4, -0.2) is 84.1 Å². The average molecular weight is 508 g/mol. The van der Waals surface area contributed by atoms with Gasteiger partial charge in [-0.05, 0) is 48.5 Å². The van der Waals surface area contributed by atoms with Crippen LogP contribution in [0.3, 0.4) is 0 Å². The van der Waals surface area contributed by atoms with Crippen LogP contribution in [0.25, 0.3) is 0 Å². The lowest BCUT2D eigenvalue weighted by Crippen LogP contribution is -2.11. The van der Waals surface area contributed by atoms with E-state index in [1.807, 2.05) is 0 Å². The van der Waals surface area contributed by atoms with E-state index in [1.54, 1.807) is 0 Å². The van der Waals surface area contributed by atoms with Crippen molar-refractivity contribution in [2.24, 2.45) is 0 Å². The van der Waals surface area contributed by atoms with Crippen LogP contribution in [0.15, 0.2) is 61.7 Å². The van der Waals surface area contributed by atoms with Crippen molar-refractivity contribution in [3.63, 3.8) is 0 Å². The van der Waals surface area contributed by atoms with Crippen LogP contribution >= 0.6 is 0 Å². The molecule has 0 saturated heterocycles. The first-order chi connectivity index (χ1) is 17.4. The van der Waals surface area contributed by atoms with Gasteiger partial charge >= 0.3 is 23.9 Å². The third kappa shape index (κ3) is 11.9. The number of carbonyl (C=O) groups excluding carboxylic acids is 4. The fraction of sp³-hybridized carbons (Fsp3) is 0.250. The van der Waals surface area contributed by atoms with Crippen LogP contribution in [0, 0.1) is 0 Å². The molecular formula is C24H28O12. The first-order valence-corrected chi connectivity index (χ1v) is 10.3. The van der Waals surface area contributed by atoms with Gasteiger partial charge in [0.2, 0.25) is 0 Å². The molecule has 0 amide bonds. The van der Waals surface area contributed by atoms with Gasteiger partial charge in [-0.25, -0.2) is 19.2 Å². The molecule has 0 atom stereocenters. The van der Waals surface area contributed by atoms with Crippen LogP contribution in [0.4, 0.5) is 0 Å². The predicted molar refractivity (Wildman–Crippen MR) is 124 cm³/mol. The molecule has 2 aromatic carbocycles. The summed E-state index contributed by atoms with van der Waals surface area (Å²) in [6.45, 7) is 5.05. The maximum atomic E-state index is 11.4. The minimum absolute atomic E-state index is 0.0703. The second kappa shape index (κ2) is 19.2. The largest absolute Gasteiger partial charge is 0.460 e. The van der Waals surface area contributed by atoms with E-state index >= 15 is 0 Å². The molecule has 2 rings (SSSR count). The van der Waals surface area contributed by atoms with E-state index in [4.69, 9.17) is 30.1 Å². The minimum atomic E-state index is -0.907. The molecule has 0 unspecified atom stereocenters. The number of hydrogen-bond donors (Lipinski definition) is 4. The van der Waals surface area contributed by atoms with Gasteiger partial charge < -0.3 is 29.5 Å². The van der Waals surface area contributed by atoms with Crippen molar-refractivity contribution in [2.45, 2.75) is 0 Å². The van der Waals surface area contributed by atoms with Gasteiger partial charge in [0, 0.05) is 0 Å². The van der Waals surface area contributed by atoms with E-state index in [9.17, 15) is 19.2 Å². The molecule has 196 valence electrons. The summed E-state index contributed by atoms with van der Waals surface area (Å²) < 4.78 is 14.1. The summed E-state index contributed by atoms with van der Waals surface area (Å²) in [5.74, 6) is -2.65. The number of carbonyl (C=O) groups is 4. The fourth-order valence-electron chi connectivity index (χ4n) is 2.20. The molecule has 2 aromatic rings. The van der Waals surface area contributed by atoms with E-state index in [0.29, 0.717) is 0 Å². The zero-order chi connectivity index (χ0) is 27.3. The standard InChI is InChI=1S/C12H14O6.C10H10O6.C2H4/c13-5-7-17-11(15)9-1-2-10(4-3-9)12(16)18-8-6-14;11-5-6-15-9(12)7-1-3-8(4-2-7)10(13)16-14;1-2/h1-4,13-14H,5-8H2;1-4,11,14H,5-6H2;1-2H2. The lowest BCUT2D eigenvalue weighted by molar-refractivity contribution is -0.182. The molecule has 36 heavy (non-hydrogen) atoms. The van der Waals surface area contributed by atoms with E-state index < -0.39 is 23.9 Å². The number of hydrogen-bond acceptors (Lipinski definition) is 12. The summed E-state index contributed by atoms with van der Waals surface area (Å²) in [7, 11) is 0. The van der Waals surface area contributed by atoms with Gasteiger partial charge in [-0.3, -0.25) is 4.89 Å². The van der Waals surface area contributed by atoms with Crippen molar-refractivity contribution in [1.29, 1.82) is 0 Å². The first kappa shape index (κ1) is 31.9. The van der Waals surface area contributed by atoms with Crippen LogP contribution in [0.2, 0.25) is 0 Å². The summed E-state index contributed by atoms with van der Waals surface area (Å²) in [5.41, 5.74) is 0.911. The molecule has 12 heteroatoms. The van der Waals surface area contributed by atoms with Gasteiger partial charge in [0.05, 0.1) is 42.1 Å². The molecular weight excluding hydrogens is 480 g/mol. The number of aliphatic hydroxyl groups excluding tert-OH is 3. The molecule has 0 saturated carbocycles. The summed E-state index contributed by atoms with van der Waals surface area (Å²) >= 11 is 0. The second-order valence-corrected chi connectivity index (χ2v) is 6.11. The number of benzene rings is 2. The Bertz CT molecular complexity index is 900. The maximum absolute atomic E-state index is 11.4. The Morgan fingerprint density at radius 1 is 0.528 bits per heavy atom. The van der Waals surface area contributed by atoms with Gasteiger partial charge in [0.1, 0.15) is 19.8 Å². The van der Waals surface area contributed by atoms with Crippen LogP contribution < -0.4 is 0 Å². The lowest BCUT2D eigenvalue weighted by atomic mass is 10.1. The second-order valence-electron chi connectivity index (χ2n) is 6.11. The predicted octanol–water partition coefficient (Wildman–Crippen LogP) is 1.25. The highest BCUT2D eigenvalue weighted by molar-refractivity contribution is 5.94. The summed E-state index contributed by atoms with van der Waals surface area (Å²) in [6.07, 6.45) is 0. The van der Waals surface area contributed by atoms with Crippen molar-refractivity contribution in [3.8, 4) is 0 Å². The highest BCUT2D eigenvalue weighted by atomic mass is 17.1. The Balaban J connectivity index is 0.000000640. The molecule has 4 N–H and O–H groups in total. The van der Waals surface area contributed by atoms with Gasteiger partial charge in [-0.2, -0.15) is 5.26 Å². The topological polar surface area (TPSA) is 186 Å². The van der Waals surface area contributed by atoms with E-state index in [-0.39, 0.29) is 61.9 Å². The summed E-state index contributed by atoms with van der Waals surface area (Å²) in [6, 6.07) is 11.0. The Morgan fingerprint density at radius 3 is 0.944 bits per heavy atom. The normalized spacial score (nSPS) is 9.33. The molecule has 0 spiro atoms. The van der Waals surface area contributed by atoms with Crippen molar-refractivity contribution >= 4 is 23.9 Å². The first-order valence-electron chi connectivity index (χ1n) is 10.3. The van der Waals surface area contributed by atoms with E-state index in [2.05, 4.69) is 22.8 Å². The van der Waals surface area contributed by atoms with Crippen LogP contribution in [0.5, 0.6) is 0 Å². The Kier molecular flexibility index (Phi) is 17.0. The van der Waals surface area contributed by atoms with Gasteiger partial charge in [0.15, 0.2) is 0 Å². The number of rotatable bonds is 10. The number of ether oxygens (including phenoxy) is 3. The lowest BCUT2D eigenvalue weighted by Gasteiger charge is -2.05. The van der Waals surface area contributed by atoms with Crippen molar-refractivity contribution in [1.82, 2.24) is 0 Å². The van der Waals surface area contributed by atoms with E-state index in [0.717, 1.165) is 0 Å². The van der Waals surface area contributed by atoms with E-state index in [1.165, 1.54) is 48.5 Å². The SMILES string of the molecule is C=C.O=C(OCCO)c1ccc(C(=O)OCCO)cc1.O=C(OO)c1ccc(C(=O)OCCO)cc1. The fourth-order valence-corrected chi connectivity index (χ4v) is 2.20. The Labute approximate surface area is 206 Å². The van der Waals surface area contributed by atoms with Crippen molar-refractivity contribution < 1.29 is 58.9 Å². The molecule has 0 aromatic heterocycles. The molecule has 0 heterocycles. The molecule has 0 bridgehead atoms. The van der Waals surface area contributed by atoms with Crippen molar-refractivity contribution in [2.75, 3.05) is 39.6 Å². The smallest absolute Gasteiger partial charge is 0.372 e. The third-order valence-corrected chi connectivity index (χ3v) is 3.77. The third-order valence-electron chi connectivity index (χ3n) is 3.77. The quantitative estimate of drug-likeness (QED) is 0.118. The van der Waals surface area contributed by atoms with Gasteiger partial charge in [-0.1, -0.05) is 0 Å². The van der Waals surface area contributed by atoms with Crippen LogP contribution in [-0.2, 0) is 19.1 Å². The highest BCUT2D eigenvalue weighted by Crippen LogP contribution is 2.08. The summed E-state index contributed by atoms with van der Waals surface area (Å²) in [4.78, 5) is 48.4. The minimum Gasteiger partial charge on any atom is -0.460 e. The molecule has 0 fully saturated rings. The highest BCUT2D eigenvalue weighted by Gasteiger charge is 2.11. The van der Waals surface area contributed by atoms with Gasteiger partial charge in [0.25, 0.3) is 0 Å². The number of aliphatic hydroxyl groups is 3.